The molecule has 2 fully saturated rings. The van der Waals surface area contributed by atoms with E-state index in [4.69, 9.17) is 42.6 Å². The van der Waals surface area contributed by atoms with Crippen molar-refractivity contribution in [2.75, 3.05) is 33.9 Å². The van der Waals surface area contributed by atoms with Gasteiger partial charge in [0.2, 0.25) is 17.7 Å². The van der Waals surface area contributed by atoms with Gasteiger partial charge in [0.15, 0.2) is 0 Å². The van der Waals surface area contributed by atoms with Gasteiger partial charge < -0.3 is 25.4 Å². The van der Waals surface area contributed by atoms with Gasteiger partial charge in [0.1, 0.15) is 11.4 Å². The molecule has 12 heteroatoms. The highest BCUT2D eigenvalue weighted by molar-refractivity contribution is 6.39. The molecule has 0 aliphatic carbocycles. The Kier molecular flexibility index (Phi) is 10.3. The number of aryl methyl sites for hydroxylation is 1. The molecule has 1 atom stereocenters. The Morgan fingerprint density at radius 2 is 1.46 bits per heavy atom. The molecule has 240 valence electrons. The SMILES string of the molecule is COc1nc(-c2cccc(-c3cccc(-c4cnc(CNCC5CNC5)c(OC)n4)c3Cl)c2Cl)cnc1CCC[C@@H]1CCC(=O)N1. The van der Waals surface area contributed by atoms with E-state index in [0.717, 1.165) is 67.0 Å². The molecule has 0 spiro atoms. The smallest absolute Gasteiger partial charge is 0.237 e. The molecule has 0 radical (unpaired) electrons. The second kappa shape index (κ2) is 14.7. The minimum Gasteiger partial charge on any atom is -0.480 e. The third-order valence-corrected chi connectivity index (χ3v) is 9.31. The predicted octanol–water partition coefficient (Wildman–Crippen LogP) is 5.50. The van der Waals surface area contributed by atoms with Crippen LogP contribution in [0.1, 0.15) is 37.1 Å². The van der Waals surface area contributed by atoms with Crippen LogP contribution in [-0.4, -0.2) is 65.7 Å². The largest absolute Gasteiger partial charge is 0.480 e. The summed E-state index contributed by atoms with van der Waals surface area (Å²) in [6.07, 6.45) is 7.39. The van der Waals surface area contributed by atoms with Crippen molar-refractivity contribution in [3.05, 3.63) is 70.2 Å². The van der Waals surface area contributed by atoms with Gasteiger partial charge in [-0.05, 0) is 31.6 Å². The fraction of sp³-hybridized carbons (Fsp3) is 0.382. The molecule has 46 heavy (non-hydrogen) atoms. The van der Waals surface area contributed by atoms with E-state index in [1.165, 1.54) is 0 Å². The number of nitrogens with one attached hydrogen (secondary N) is 3. The summed E-state index contributed by atoms with van der Waals surface area (Å²) in [5.41, 5.74) is 5.64. The molecule has 1 amide bonds. The number of amides is 1. The summed E-state index contributed by atoms with van der Waals surface area (Å²) in [6, 6.07) is 11.7. The van der Waals surface area contributed by atoms with Gasteiger partial charge in [-0.3, -0.25) is 14.8 Å². The zero-order valence-corrected chi connectivity index (χ0v) is 27.4. The average Bonchev–Trinajstić information content (AvgIpc) is 3.47. The van der Waals surface area contributed by atoms with Crippen LogP contribution in [0, 0.1) is 5.92 Å². The van der Waals surface area contributed by atoms with Crippen molar-refractivity contribution >= 4 is 29.1 Å². The molecule has 10 nitrogen and oxygen atoms in total. The van der Waals surface area contributed by atoms with Gasteiger partial charge >= 0.3 is 0 Å². The van der Waals surface area contributed by atoms with Crippen molar-refractivity contribution in [2.45, 2.75) is 44.7 Å². The zero-order valence-electron chi connectivity index (χ0n) is 25.9. The highest BCUT2D eigenvalue weighted by Crippen LogP contribution is 2.42. The van der Waals surface area contributed by atoms with Crippen LogP contribution in [0.2, 0.25) is 10.0 Å². The summed E-state index contributed by atoms with van der Waals surface area (Å²) in [4.78, 5) is 30.3. The summed E-state index contributed by atoms with van der Waals surface area (Å²) < 4.78 is 11.2. The van der Waals surface area contributed by atoms with Crippen LogP contribution in [-0.2, 0) is 17.8 Å². The van der Waals surface area contributed by atoms with Crippen LogP contribution >= 0.6 is 23.2 Å². The maximum absolute atomic E-state index is 11.5. The number of hydrogen-bond donors (Lipinski definition) is 3. The van der Waals surface area contributed by atoms with E-state index in [1.807, 2.05) is 36.4 Å². The van der Waals surface area contributed by atoms with Gasteiger partial charge in [-0.25, -0.2) is 9.97 Å². The molecule has 4 heterocycles. The molecule has 0 saturated carbocycles. The first kappa shape index (κ1) is 32.1. The Bertz CT molecular complexity index is 1720. The second-order valence-corrected chi connectivity index (χ2v) is 12.4. The number of aromatic nitrogens is 4. The summed E-state index contributed by atoms with van der Waals surface area (Å²) in [5.74, 6) is 1.69. The molecular weight excluding hydrogens is 625 g/mol. The van der Waals surface area contributed by atoms with Crippen LogP contribution in [0.15, 0.2) is 48.8 Å². The standard InChI is InChI=1S/C34H37Cl2N7O3/c1-45-33-26(11-3-6-21-12-13-30(44)41-21)39-18-27(42-33)24-9-4-7-22(31(24)35)23-8-5-10-25(32(23)36)28-19-40-29(34(43-28)46-2)17-38-16-20-14-37-15-20/h4-5,7-10,18-21,37-38H,3,6,11-17H2,1-2H3,(H,41,44)/t21-/m1/s1. The summed E-state index contributed by atoms with van der Waals surface area (Å²) in [6.45, 7) is 3.55. The molecule has 6 rings (SSSR count). The van der Waals surface area contributed by atoms with E-state index in [1.54, 1.807) is 26.6 Å². The van der Waals surface area contributed by atoms with Gasteiger partial charge in [-0.2, -0.15) is 0 Å². The van der Waals surface area contributed by atoms with E-state index < -0.39 is 0 Å². The lowest BCUT2D eigenvalue weighted by Gasteiger charge is -2.27. The molecule has 0 bridgehead atoms. The monoisotopic (exact) mass is 661 g/mol. The molecule has 2 saturated heterocycles. The third kappa shape index (κ3) is 7.10. The first-order valence-electron chi connectivity index (χ1n) is 15.5. The van der Waals surface area contributed by atoms with Gasteiger partial charge in [0.25, 0.3) is 0 Å². The minimum atomic E-state index is 0.127. The summed E-state index contributed by atoms with van der Waals surface area (Å²) >= 11 is 14.1. The van der Waals surface area contributed by atoms with Crippen LogP contribution in [0.4, 0.5) is 0 Å². The highest BCUT2D eigenvalue weighted by atomic mass is 35.5. The first-order valence-corrected chi connectivity index (χ1v) is 16.3. The van der Waals surface area contributed by atoms with Crippen LogP contribution < -0.4 is 25.4 Å². The molecule has 4 aromatic rings. The first-order chi connectivity index (χ1) is 22.4. The molecule has 2 aromatic heterocycles. The lowest BCUT2D eigenvalue weighted by Crippen LogP contribution is -2.47. The Morgan fingerprint density at radius 3 is 2.00 bits per heavy atom. The van der Waals surface area contributed by atoms with E-state index >= 15 is 0 Å². The third-order valence-electron chi connectivity index (χ3n) is 8.49. The van der Waals surface area contributed by atoms with Crippen molar-refractivity contribution in [1.29, 1.82) is 0 Å². The molecule has 3 N–H and O–H groups in total. The van der Waals surface area contributed by atoms with E-state index in [9.17, 15) is 4.79 Å². The van der Waals surface area contributed by atoms with Crippen molar-refractivity contribution in [3.8, 4) is 45.4 Å². The van der Waals surface area contributed by atoms with Crippen molar-refractivity contribution < 1.29 is 14.3 Å². The molecule has 0 unspecified atom stereocenters. The van der Waals surface area contributed by atoms with E-state index in [-0.39, 0.29) is 11.9 Å². The number of nitrogens with zero attached hydrogens (tertiary/aromatic N) is 4. The van der Waals surface area contributed by atoms with Crippen LogP contribution in [0.5, 0.6) is 11.8 Å². The molecule has 2 aliphatic rings. The van der Waals surface area contributed by atoms with Gasteiger partial charge in [-0.15, -0.1) is 0 Å². The van der Waals surface area contributed by atoms with Crippen LogP contribution in [0.25, 0.3) is 33.6 Å². The minimum absolute atomic E-state index is 0.127. The second-order valence-electron chi connectivity index (χ2n) is 11.6. The van der Waals surface area contributed by atoms with Crippen LogP contribution in [0.3, 0.4) is 0 Å². The highest BCUT2D eigenvalue weighted by Gasteiger charge is 2.22. The maximum Gasteiger partial charge on any atom is 0.237 e. The Labute approximate surface area is 278 Å². The van der Waals surface area contributed by atoms with Crippen molar-refractivity contribution in [1.82, 2.24) is 35.9 Å². The molecular formula is C34H37Cl2N7O3. The number of rotatable bonds is 13. The Hall–Kier alpha value is -3.83. The Balaban J connectivity index is 1.22. The zero-order chi connectivity index (χ0) is 32.0. The average molecular weight is 663 g/mol. The van der Waals surface area contributed by atoms with E-state index in [0.29, 0.717) is 64.1 Å². The topological polar surface area (TPSA) is 123 Å². The summed E-state index contributed by atoms with van der Waals surface area (Å²) in [5, 5.41) is 10.7. The van der Waals surface area contributed by atoms with Crippen molar-refractivity contribution in [2.24, 2.45) is 5.92 Å². The molecule has 2 aromatic carbocycles. The van der Waals surface area contributed by atoms with Gasteiger partial charge in [-0.1, -0.05) is 59.6 Å². The number of benzene rings is 2. The number of halogens is 2. The number of methoxy groups -OCH3 is 2. The fourth-order valence-corrected chi connectivity index (χ4v) is 6.50. The Morgan fingerprint density at radius 1 is 0.870 bits per heavy atom. The number of carbonyl (C=O) groups is 1. The fourth-order valence-electron chi connectivity index (χ4n) is 5.85. The number of ether oxygens (including phenoxy) is 2. The summed E-state index contributed by atoms with van der Waals surface area (Å²) in [7, 11) is 3.18. The van der Waals surface area contributed by atoms with Crippen molar-refractivity contribution in [3.63, 3.8) is 0 Å². The maximum atomic E-state index is 11.5. The predicted molar refractivity (Wildman–Crippen MR) is 179 cm³/mol. The van der Waals surface area contributed by atoms with Gasteiger partial charge in [0, 0.05) is 60.9 Å². The number of carbonyl (C=O) groups excluding carboxylic acids is 1. The normalized spacial score (nSPS) is 16.3. The van der Waals surface area contributed by atoms with Gasteiger partial charge in [0.05, 0.1) is 48.0 Å². The number of hydrogen-bond acceptors (Lipinski definition) is 9. The molecule has 2 aliphatic heterocycles. The van der Waals surface area contributed by atoms with E-state index in [2.05, 4.69) is 25.9 Å². The lowest BCUT2D eigenvalue weighted by atomic mass is 9.98. The lowest BCUT2D eigenvalue weighted by molar-refractivity contribution is -0.119. The quantitative estimate of drug-likeness (QED) is 0.170.